The van der Waals surface area contributed by atoms with Gasteiger partial charge in [-0.15, -0.1) is 0 Å². The molecule has 3 atom stereocenters. The van der Waals surface area contributed by atoms with E-state index < -0.39 is 0 Å². The molecule has 4 aromatic carbocycles. The zero-order valence-electron chi connectivity index (χ0n) is 38.4. The number of aryl methyl sites for hydroxylation is 2. The van der Waals surface area contributed by atoms with E-state index in [0.29, 0.717) is 17.8 Å². The molecule has 2 nitrogen and oxygen atoms in total. The summed E-state index contributed by atoms with van der Waals surface area (Å²) in [4.78, 5) is 0. The van der Waals surface area contributed by atoms with Crippen LogP contribution in [0.15, 0.2) is 84.9 Å². The molecule has 0 saturated heterocycles. The van der Waals surface area contributed by atoms with E-state index in [0.717, 1.165) is 23.2 Å². The normalized spacial score (nSPS) is 15.5. The molecule has 322 valence electrons. The molecule has 4 N–H and O–H groups in total. The third kappa shape index (κ3) is 14.6. The van der Waals surface area contributed by atoms with Crippen LogP contribution in [0.2, 0.25) is 0 Å². The molecule has 1 saturated carbocycles. The third-order valence-corrected chi connectivity index (χ3v) is 14.4. The minimum Gasteiger partial charge on any atom is -0.399 e. The Balaban J connectivity index is 1.39. The molecule has 0 bridgehead atoms. The fourth-order valence-electron chi connectivity index (χ4n) is 10.6. The highest BCUT2D eigenvalue weighted by molar-refractivity contribution is 5.50. The van der Waals surface area contributed by atoms with Crippen molar-refractivity contribution in [1.82, 2.24) is 0 Å². The van der Waals surface area contributed by atoms with E-state index in [1.54, 1.807) is 0 Å². The fourth-order valence-corrected chi connectivity index (χ4v) is 10.6. The molecule has 1 aliphatic carbocycles. The van der Waals surface area contributed by atoms with Gasteiger partial charge in [0.1, 0.15) is 0 Å². The van der Waals surface area contributed by atoms with Crippen LogP contribution in [0.3, 0.4) is 0 Å². The lowest BCUT2D eigenvalue weighted by Crippen LogP contribution is -2.16. The standard InChI is InChI=1S/C57H84N2/c1-6-8-10-12-14-16-21-25-56(53-39-36-51(58)41-44(53)4)49-32-28-47(29-33-49)55(38-27-43(3)46-23-19-18-20-24-46)48-30-34-50(35-31-48)57(26-22-17-15-13-11-9-7-2)54-40-37-52(59)42-45(54)5/h28-37,39-43,46,55-57H,6-27,38,58-59H2,1-5H3. The number of unbranched alkanes of at least 4 members (excludes halogenated alkanes) is 12. The lowest BCUT2D eigenvalue weighted by atomic mass is 9.76. The molecule has 0 radical (unpaired) electrons. The highest BCUT2D eigenvalue weighted by atomic mass is 14.5. The van der Waals surface area contributed by atoms with Crippen molar-refractivity contribution in [2.45, 2.75) is 200 Å². The van der Waals surface area contributed by atoms with Crippen molar-refractivity contribution in [1.29, 1.82) is 0 Å². The number of hydrogen-bond acceptors (Lipinski definition) is 2. The van der Waals surface area contributed by atoms with E-state index in [9.17, 15) is 0 Å². The first-order valence-corrected chi connectivity index (χ1v) is 24.7. The minimum atomic E-state index is 0.392. The van der Waals surface area contributed by atoms with Crippen molar-refractivity contribution in [2.24, 2.45) is 11.8 Å². The smallest absolute Gasteiger partial charge is 0.0316 e. The Kier molecular flexibility index (Phi) is 20.0. The molecule has 3 unspecified atom stereocenters. The highest BCUT2D eigenvalue weighted by Gasteiger charge is 2.24. The van der Waals surface area contributed by atoms with Gasteiger partial charge in [0.25, 0.3) is 0 Å². The molecule has 1 fully saturated rings. The summed E-state index contributed by atoms with van der Waals surface area (Å²) >= 11 is 0. The first-order chi connectivity index (χ1) is 28.8. The molecule has 0 aliphatic heterocycles. The van der Waals surface area contributed by atoms with Crippen molar-refractivity contribution in [3.8, 4) is 0 Å². The molecule has 2 heteroatoms. The molecule has 1 aliphatic rings. The van der Waals surface area contributed by atoms with Gasteiger partial charge in [0, 0.05) is 29.1 Å². The van der Waals surface area contributed by atoms with Gasteiger partial charge < -0.3 is 11.5 Å². The van der Waals surface area contributed by atoms with Crippen LogP contribution in [0.1, 0.15) is 231 Å². The lowest BCUT2D eigenvalue weighted by Gasteiger charge is -2.29. The first-order valence-electron chi connectivity index (χ1n) is 24.7. The van der Waals surface area contributed by atoms with E-state index in [4.69, 9.17) is 11.5 Å². The van der Waals surface area contributed by atoms with Gasteiger partial charge in [-0.3, -0.25) is 0 Å². The topological polar surface area (TPSA) is 52.0 Å². The van der Waals surface area contributed by atoms with Crippen LogP contribution in [0.5, 0.6) is 0 Å². The molecular weight excluding hydrogens is 713 g/mol. The van der Waals surface area contributed by atoms with E-state index >= 15 is 0 Å². The highest BCUT2D eigenvalue weighted by Crippen LogP contribution is 2.40. The van der Waals surface area contributed by atoms with Gasteiger partial charge in [-0.25, -0.2) is 0 Å². The first kappa shape index (κ1) is 46.5. The summed E-state index contributed by atoms with van der Waals surface area (Å²) in [7, 11) is 0. The van der Waals surface area contributed by atoms with Crippen molar-refractivity contribution in [3.63, 3.8) is 0 Å². The largest absolute Gasteiger partial charge is 0.399 e. The van der Waals surface area contributed by atoms with Crippen LogP contribution in [0, 0.1) is 25.7 Å². The molecule has 4 aromatic rings. The Morgan fingerprint density at radius 3 is 1.20 bits per heavy atom. The molecular formula is C57H84N2. The Hall–Kier alpha value is -3.52. The maximum Gasteiger partial charge on any atom is 0.0316 e. The Labute approximate surface area is 362 Å². The number of anilines is 2. The van der Waals surface area contributed by atoms with Crippen molar-refractivity contribution >= 4 is 11.4 Å². The lowest BCUT2D eigenvalue weighted by molar-refractivity contribution is 0.247. The summed E-state index contributed by atoms with van der Waals surface area (Å²) in [5, 5.41) is 0. The van der Waals surface area contributed by atoms with E-state index in [1.807, 2.05) is 0 Å². The maximum absolute atomic E-state index is 6.26. The molecule has 0 spiro atoms. The second-order valence-electron chi connectivity index (χ2n) is 19.0. The van der Waals surface area contributed by atoms with Gasteiger partial charge in [-0.1, -0.05) is 203 Å². The van der Waals surface area contributed by atoms with Gasteiger partial charge in [0.05, 0.1) is 0 Å². The molecule has 0 amide bonds. The zero-order valence-corrected chi connectivity index (χ0v) is 38.4. The van der Waals surface area contributed by atoms with Gasteiger partial charge >= 0.3 is 0 Å². The van der Waals surface area contributed by atoms with Crippen LogP contribution in [0.4, 0.5) is 11.4 Å². The van der Waals surface area contributed by atoms with Crippen LogP contribution >= 0.6 is 0 Å². The third-order valence-electron chi connectivity index (χ3n) is 14.4. The summed E-state index contributed by atoms with van der Waals surface area (Å²) in [6.45, 7) is 11.7. The average Bonchev–Trinajstić information content (AvgIpc) is 3.24. The summed E-state index contributed by atoms with van der Waals surface area (Å²) in [6.07, 6.45) is 30.7. The number of nitrogen functional groups attached to an aromatic ring is 2. The predicted octanol–water partition coefficient (Wildman–Crippen LogP) is 17.1. The number of hydrogen-bond donors (Lipinski definition) is 2. The second kappa shape index (κ2) is 25.3. The summed E-state index contributed by atoms with van der Waals surface area (Å²) in [5.41, 5.74) is 25.6. The van der Waals surface area contributed by atoms with Gasteiger partial charge in [0.15, 0.2) is 0 Å². The summed E-state index contributed by atoms with van der Waals surface area (Å²) < 4.78 is 0. The maximum atomic E-state index is 6.26. The Morgan fingerprint density at radius 1 is 0.441 bits per heavy atom. The minimum absolute atomic E-state index is 0.392. The van der Waals surface area contributed by atoms with Gasteiger partial charge in [-0.05, 0) is 120 Å². The second-order valence-corrected chi connectivity index (χ2v) is 19.0. The SMILES string of the molecule is CCCCCCCCCC(c1ccc(C(CCC(C)C2CCCCC2)c2ccc(C(CCCCCCCCC)c3ccc(N)cc3C)cc2)cc1)c1ccc(N)cc1C. The van der Waals surface area contributed by atoms with Gasteiger partial charge in [-0.2, -0.15) is 0 Å². The van der Waals surface area contributed by atoms with Crippen molar-refractivity contribution in [2.75, 3.05) is 11.5 Å². The van der Waals surface area contributed by atoms with E-state index in [-0.39, 0.29) is 0 Å². The molecule has 59 heavy (non-hydrogen) atoms. The molecule has 0 aromatic heterocycles. The van der Waals surface area contributed by atoms with Crippen molar-refractivity contribution in [3.05, 3.63) is 129 Å². The number of nitrogens with two attached hydrogens (primary N) is 2. The Bertz CT molecular complexity index is 1630. The van der Waals surface area contributed by atoms with E-state index in [1.165, 1.54) is 192 Å². The number of benzene rings is 4. The van der Waals surface area contributed by atoms with Gasteiger partial charge in [0.2, 0.25) is 0 Å². The van der Waals surface area contributed by atoms with Crippen LogP contribution in [-0.2, 0) is 0 Å². The summed E-state index contributed by atoms with van der Waals surface area (Å²) in [5.74, 6) is 2.85. The Morgan fingerprint density at radius 2 is 0.814 bits per heavy atom. The summed E-state index contributed by atoms with van der Waals surface area (Å²) in [6, 6.07) is 33.0. The molecule has 0 heterocycles. The zero-order chi connectivity index (χ0) is 41.8. The quantitative estimate of drug-likeness (QED) is 0.0491. The molecule has 5 rings (SSSR count). The monoisotopic (exact) mass is 797 g/mol. The number of rotatable bonds is 26. The van der Waals surface area contributed by atoms with Crippen LogP contribution < -0.4 is 11.5 Å². The van der Waals surface area contributed by atoms with Crippen LogP contribution in [-0.4, -0.2) is 0 Å². The van der Waals surface area contributed by atoms with E-state index in [2.05, 4.69) is 120 Å². The fraction of sp³-hybridized carbons (Fsp3) is 0.579. The predicted molar refractivity (Wildman–Crippen MR) is 260 cm³/mol. The van der Waals surface area contributed by atoms with Crippen molar-refractivity contribution < 1.29 is 0 Å². The van der Waals surface area contributed by atoms with Crippen LogP contribution in [0.25, 0.3) is 0 Å². The average molecular weight is 797 g/mol.